The first-order chi connectivity index (χ1) is 15.4. The first-order valence-electron chi connectivity index (χ1n) is 9.93. The topological polar surface area (TPSA) is 78.9 Å². The highest BCUT2D eigenvalue weighted by molar-refractivity contribution is 6.35. The Kier molecular flexibility index (Phi) is 6.37. The zero-order valence-electron chi connectivity index (χ0n) is 16.9. The number of carbonyl (C=O) groups is 2. The molecule has 1 atom stereocenters. The lowest BCUT2D eigenvalue weighted by Gasteiger charge is -2.28. The van der Waals surface area contributed by atoms with Crippen LogP contribution < -0.4 is 10.1 Å². The first kappa shape index (κ1) is 22.1. The number of β-amino-alcohol motifs (C(OH)–C–C–N with tert-alkyl or cyclic N) is 1. The third-order valence-corrected chi connectivity index (χ3v) is 5.77. The summed E-state index contributed by atoms with van der Waals surface area (Å²) >= 11 is 12.0. The van der Waals surface area contributed by atoms with Crippen molar-refractivity contribution in [3.8, 4) is 5.75 Å². The highest BCUT2D eigenvalue weighted by Gasteiger charge is 2.53. The van der Waals surface area contributed by atoms with Gasteiger partial charge in [-0.2, -0.15) is 0 Å². The number of urea groups is 1. The maximum Gasteiger partial charge on any atom is 0.325 e. The van der Waals surface area contributed by atoms with Crippen LogP contribution in [-0.4, -0.2) is 41.2 Å². The lowest BCUT2D eigenvalue weighted by molar-refractivity contribution is -0.131. The molecule has 0 spiro atoms. The van der Waals surface area contributed by atoms with Gasteiger partial charge in [-0.05, 0) is 29.3 Å². The fourth-order valence-corrected chi connectivity index (χ4v) is 4.18. The molecule has 1 saturated heterocycles. The maximum absolute atomic E-state index is 13.6. The van der Waals surface area contributed by atoms with E-state index in [4.69, 9.17) is 27.9 Å². The molecule has 1 aliphatic rings. The van der Waals surface area contributed by atoms with Crippen molar-refractivity contribution in [2.45, 2.75) is 11.6 Å². The molecule has 32 heavy (non-hydrogen) atoms. The highest BCUT2D eigenvalue weighted by atomic mass is 35.5. The van der Waals surface area contributed by atoms with Gasteiger partial charge in [0.1, 0.15) is 18.5 Å². The number of benzene rings is 3. The van der Waals surface area contributed by atoms with Crippen LogP contribution in [0.3, 0.4) is 0 Å². The number of amides is 3. The Hall–Kier alpha value is -3.06. The van der Waals surface area contributed by atoms with Gasteiger partial charge in [0.15, 0.2) is 5.54 Å². The molecule has 0 aliphatic carbocycles. The molecule has 1 aliphatic heterocycles. The molecule has 1 unspecified atom stereocenters. The number of ether oxygens (including phenoxy) is 1. The van der Waals surface area contributed by atoms with E-state index in [-0.39, 0.29) is 13.2 Å². The Morgan fingerprint density at radius 1 is 0.938 bits per heavy atom. The third kappa shape index (κ3) is 4.17. The van der Waals surface area contributed by atoms with Crippen molar-refractivity contribution in [3.63, 3.8) is 0 Å². The summed E-state index contributed by atoms with van der Waals surface area (Å²) in [7, 11) is 0. The quantitative estimate of drug-likeness (QED) is 0.506. The predicted octanol–water partition coefficient (Wildman–Crippen LogP) is 4.23. The average molecular weight is 471 g/mol. The van der Waals surface area contributed by atoms with Crippen LogP contribution in [0.4, 0.5) is 4.79 Å². The molecule has 8 heteroatoms. The van der Waals surface area contributed by atoms with Crippen LogP contribution in [0.15, 0.2) is 78.9 Å². The number of hydrogen-bond donors (Lipinski definition) is 2. The van der Waals surface area contributed by atoms with Crippen LogP contribution in [0, 0.1) is 0 Å². The second-order valence-corrected chi connectivity index (χ2v) is 8.21. The summed E-state index contributed by atoms with van der Waals surface area (Å²) in [5.74, 6) is -0.126. The van der Waals surface area contributed by atoms with Gasteiger partial charge in [0, 0.05) is 5.02 Å². The number of rotatable bonds is 7. The number of imide groups is 1. The minimum Gasteiger partial charge on any atom is -0.489 e. The average Bonchev–Trinajstić information content (AvgIpc) is 3.05. The van der Waals surface area contributed by atoms with Crippen LogP contribution in [-0.2, 0) is 10.3 Å². The van der Waals surface area contributed by atoms with Crippen LogP contribution in [0.1, 0.15) is 11.1 Å². The van der Waals surface area contributed by atoms with Crippen LogP contribution >= 0.6 is 23.2 Å². The van der Waals surface area contributed by atoms with Gasteiger partial charge in [0.25, 0.3) is 5.91 Å². The molecule has 0 saturated carbocycles. The minimum atomic E-state index is -1.38. The summed E-state index contributed by atoms with van der Waals surface area (Å²) in [6, 6.07) is 22.2. The van der Waals surface area contributed by atoms with Gasteiger partial charge in [0.05, 0.1) is 11.6 Å². The van der Waals surface area contributed by atoms with Crippen molar-refractivity contribution in [3.05, 3.63) is 100 Å². The van der Waals surface area contributed by atoms with Gasteiger partial charge < -0.3 is 15.2 Å². The summed E-state index contributed by atoms with van der Waals surface area (Å²) < 4.78 is 5.55. The van der Waals surface area contributed by atoms with E-state index in [9.17, 15) is 14.7 Å². The van der Waals surface area contributed by atoms with Crippen molar-refractivity contribution >= 4 is 35.1 Å². The molecule has 2 N–H and O–H groups in total. The smallest absolute Gasteiger partial charge is 0.325 e. The number of nitrogens with one attached hydrogen (secondary N) is 1. The summed E-state index contributed by atoms with van der Waals surface area (Å²) in [5, 5.41) is 14.1. The molecule has 0 radical (unpaired) electrons. The lowest BCUT2D eigenvalue weighted by atomic mass is 9.82. The number of carbonyl (C=O) groups excluding carboxylic acids is 2. The van der Waals surface area contributed by atoms with Crippen LogP contribution in [0.5, 0.6) is 5.75 Å². The number of aliphatic hydroxyl groups is 1. The molecule has 1 fully saturated rings. The monoisotopic (exact) mass is 470 g/mol. The van der Waals surface area contributed by atoms with E-state index in [0.717, 1.165) is 4.90 Å². The molecule has 0 aromatic heterocycles. The van der Waals surface area contributed by atoms with Crippen LogP contribution in [0.25, 0.3) is 0 Å². The number of aliphatic hydroxyl groups excluding tert-OH is 1. The van der Waals surface area contributed by atoms with Gasteiger partial charge in [-0.15, -0.1) is 0 Å². The van der Waals surface area contributed by atoms with E-state index in [1.54, 1.807) is 60.7 Å². The fourth-order valence-electron chi connectivity index (χ4n) is 3.72. The van der Waals surface area contributed by atoms with E-state index in [1.807, 2.05) is 12.1 Å². The Morgan fingerprint density at radius 3 is 2.09 bits per heavy atom. The first-order valence-corrected chi connectivity index (χ1v) is 10.7. The number of hydrogen-bond acceptors (Lipinski definition) is 4. The Morgan fingerprint density at radius 2 is 1.53 bits per heavy atom. The molecule has 3 aromatic carbocycles. The van der Waals surface area contributed by atoms with Gasteiger partial charge in [-0.3, -0.25) is 9.69 Å². The number of halogens is 2. The Balaban J connectivity index is 1.55. The van der Waals surface area contributed by atoms with Crippen molar-refractivity contribution in [2.75, 3.05) is 13.2 Å². The Bertz CT molecular complexity index is 1090. The summed E-state index contributed by atoms with van der Waals surface area (Å²) in [6.45, 7) is -0.403. The molecule has 0 bridgehead atoms. The summed E-state index contributed by atoms with van der Waals surface area (Å²) in [5.41, 5.74) is -0.115. The second kappa shape index (κ2) is 9.20. The van der Waals surface area contributed by atoms with E-state index in [2.05, 4.69) is 5.32 Å². The molecule has 4 rings (SSSR count). The molecular formula is C24H20Cl2N2O4. The lowest BCUT2D eigenvalue weighted by Crippen LogP contribution is -2.46. The van der Waals surface area contributed by atoms with Gasteiger partial charge >= 0.3 is 6.03 Å². The standard InChI is InChI=1S/C24H20Cl2N2O4/c25-18-11-12-21(20(26)13-18)32-15-19(29)14-28-22(30)24(27-23(28)31,16-7-3-1-4-8-16)17-9-5-2-6-10-17/h1-13,19,29H,14-15H2,(H,27,31). The fraction of sp³-hybridized carbons (Fsp3) is 0.167. The van der Waals surface area contributed by atoms with E-state index in [1.165, 1.54) is 6.07 Å². The largest absolute Gasteiger partial charge is 0.489 e. The maximum atomic E-state index is 13.6. The molecule has 3 amide bonds. The SMILES string of the molecule is O=C1NC(c2ccccc2)(c2ccccc2)C(=O)N1CC(O)COc1ccc(Cl)cc1Cl. The molecule has 164 valence electrons. The normalized spacial score (nSPS) is 16.0. The Labute approximate surface area is 195 Å². The van der Waals surface area contributed by atoms with E-state index >= 15 is 0 Å². The van der Waals surface area contributed by atoms with Crippen molar-refractivity contribution in [1.82, 2.24) is 10.2 Å². The molecule has 6 nitrogen and oxygen atoms in total. The van der Waals surface area contributed by atoms with E-state index < -0.39 is 23.6 Å². The van der Waals surface area contributed by atoms with Gasteiger partial charge in [0.2, 0.25) is 0 Å². The second-order valence-electron chi connectivity index (χ2n) is 7.37. The third-order valence-electron chi connectivity index (χ3n) is 5.24. The molecule has 3 aromatic rings. The van der Waals surface area contributed by atoms with Gasteiger partial charge in [-0.25, -0.2) is 4.79 Å². The van der Waals surface area contributed by atoms with Crippen molar-refractivity contribution in [2.24, 2.45) is 0 Å². The molecule has 1 heterocycles. The minimum absolute atomic E-state index is 0.165. The van der Waals surface area contributed by atoms with Gasteiger partial charge in [-0.1, -0.05) is 83.9 Å². The summed E-state index contributed by atoms with van der Waals surface area (Å²) in [6.07, 6.45) is -1.13. The zero-order valence-corrected chi connectivity index (χ0v) is 18.4. The van der Waals surface area contributed by atoms with Crippen molar-refractivity contribution < 1.29 is 19.4 Å². The molecular weight excluding hydrogens is 451 g/mol. The highest BCUT2D eigenvalue weighted by Crippen LogP contribution is 2.36. The zero-order chi connectivity index (χ0) is 22.7. The van der Waals surface area contributed by atoms with Crippen molar-refractivity contribution in [1.29, 1.82) is 0 Å². The summed E-state index contributed by atoms with van der Waals surface area (Å²) in [4.78, 5) is 27.5. The van der Waals surface area contributed by atoms with E-state index in [0.29, 0.717) is 26.9 Å². The van der Waals surface area contributed by atoms with Crippen LogP contribution in [0.2, 0.25) is 10.0 Å². The predicted molar refractivity (Wildman–Crippen MR) is 122 cm³/mol. The number of nitrogens with zero attached hydrogens (tertiary/aromatic N) is 1.